The van der Waals surface area contributed by atoms with Gasteiger partial charge in [0, 0.05) is 11.3 Å². The minimum absolute atomic E-state index is 0.0913. The Balaban J connectivity index is 1.60. The van der Waals surface area contributed by atoms with Crippen LogP contribution in [-0.2, 0) is 17.6 Å². The van der Waals surface area contributed by atoms with Gasteiger partial charge in [-0.3, -0.25) is 4.79 Å². The highest BCUT2D eigenvalue weighted by atomic mass is 32.2. The SMILES string of the molecule is CCOc1ccc(-c2nnc(SCC(=O)Nc3c(CC)cccc3CC)o2)cc1. The molecule has 0 atom stereocenters. The lowest BCUT2D eigenvalue weighted by Crippen LogP contribution is -2.16. The highest BCUT2D eigenvalue weighted by Gasteiger charge is 2.14. The molecular formula is C22H25N3O3S. The van der Waals surface area contributed by atoms with Crippen LogP contribution in [0.15, 0.2) is 52.1 Å². The van der Waals surface area contributed by atoms with Crippen molar-refractivity contribution >= 4 is 23.4 Å². The highest BCUT2D eigenvalue weighted by Crippen LogP contribution is 2.26. The fourth-order valence-corrected chi connectivity index (χ4v) is 3.51. The van der Waals surface area contributed by atoms with Crippen molar-refractivity contribution in [1.82, 2.24) is 10.2 Å². The number of anilines is 1. The Hall–Kier alpha value is -2.80. The number of rotatable bonds is 9. The molecule has 0 aliphatic carbocycles. The van der Waals surface area contributed by atoms with Crippen LogP contribution in [0.25, 0.3) is 11.5 Å². The van der Waals surface area contributed by atoms with Gasteiger partial charge in [-0.15, -0.1) is 10.2 Å². The Bertz CT molecular complexity index is 932. The molecule has 1 aromatic heterocycles. The number of carbonyl (C=O) groups is 1. The fourth-order valence-electron chi connectivity index (χ4n) is 2.95. The number of nitrogens with zero attached hydrogens (tertiary/aromatic N) is 2. The van der Waals surface area contributed by atoms with E-state index in [1.54, 1.807) is 0 Å². The van der Waals surface area contributed by atoms with E-state index in [0.29, 0.717) is 17.7 Å². The van der Waals surface area contributed by atoms with Crippen LogP contribution in [0.5, 0.6) is 5.75 Å². The molecule has 1 heterocycles. The van der Waals surface area contributed by atoms with Crippen LogP contribution in [-0.4, -0.2) is 28.5 Å². The van der Waals surface area contributed by atoms with Crippen molar-refractivity contribution in [2.45, 2.75) is 38.8 Å². The van der Waals surface area contributed by atoms with Crippen LogP contribution in [0.4, 0.5) is 5.69 Å². The molecule has 1 amide bonds. The maximum atomic E-state index is 12.5. The summed E-state index contributed by atoms with van der Waals surface area (Å²) < 4.78 is 11.1. The van der Waals surface area contributed by atoms with E-state index in [0.717, 1.165) is 41.0 Å². The van der Waals surface area contributed by atoms with Gasteiger partial charge in [0.25, 0.3) is 5.22 Å². The first kappa shape index (κ1) is 20.9. The van der Waals surface area contributed by atoms with Gasteiger partial charge in [0.05, 0.1) is 12.4 Å². The number of hydrogen-bond acceptors (Lipinski definition) is 6. The highest BCUT2D eigenvalue weighted by molar-refractivity contribution is 7.99. The number of carbonyl (C=O) groups excluding carboxylic acids is 1. The lowest BCUT2D eigenvalue weighted by atomic mass is 10.0. The molecule has 0 aliphatic rings. The van der Waals surface area contributed by atoms with Crippen LogP contribution in [0.2, 0.25) is 0 Å². The quantitative estimate of drug-likeness (QED) is 0.500. The zero-order chi connectivity index (χ0) is 20.6. The number of aryl methyl sites for hydroxylation is 2. The molecule has 0 spiro atoms. The smallest absolute Gasteiger partial charge is 0.277 e. The molecule has 1 N–H and O–H groups in total. The van der Waals surface area contributed by atoms with Crippen molar-refractivity contribution in [1.29, 1.82) is 0 Å². The van der Waals surface area contributed by atoms with Gasteiger partial charge in [-0.2, -0.15) is 0 Å². The summed E-state index contributed by atoms with van der Waals surface area (Å²) in [5, 5.41) is 11.5. The molecule has 29 heavy (non-hydrogen) atoms. The van der Waals surface area contributed by atoms with E-state index in [-0.39, 0.29) is 11.7 Å². The molecule has 0 saturated heterocycles. The zero-order valence-corrected chi connectivity index (χ0v) is 17.7. The fraction of sp³-hybridized carbons (Fsp3) is 0.318. The number of ether oxygens (including phenoxy) is 1. The predicted molar refractivity (Wildman–Crippen MR) is 115 cm³/mol. The summed E-state index contributed by atoms with van der Waals surface area (Å²) in [6, 6.07) is 13.6. The third kappa shape index (κ3) is 5.38. The summed E-state index contributed by atoms with van der Waals surface area (Å²) in [6.45, 7) is 6.72. The van der Waals surface area contributed by atoms with Crippen LogP contribution in [0, 0.1) is 0 Å². The van der Waals surface area contributed by atoms with Gasteiger partial charge in [-0.1, -0.05) is 43.8 Å². The second kappa shape index (κ2) is 10.1. The first-order valence-corrected chi connectivity index (χ1v) is 10.7. The van der Waals surface area contributed by atoms with E-state index in [1.807, 2.05) is 49.4 Å². The molecule has 2 aromatic carbocycles. The molecule has 0 radical (unpaired) electrons. The third-order valence-corrected chi connectivity index (χ3v) is 5.23. The molecule has 0 saturated carbocycles. The first-order valence-electron chi connectivity index (χ1n) is 9.74. The average Bonchev–Trinajstić information content (AvgIpc) is 3.22. The molecule has 0 unspecified atom stereocenters. The van der Waals surface area contributed by atoms with E-state index < -0.39 is 0 Å². The minimum atomic E-state index is -0.0913. The van der Waals surface area contributed by atoms with Crippen molar-refractivity contribution in [2.24, 2.45) is 0 Å². The van der Waals surface area contributed by atoms with Gasteiger partial charge >= 0.3 is 0 Å². The molecule has 3 rings (SSSR count). The normalized spacial score (nSPS) is 10.7. The lowest BCUT2D eigenvalue weighted by Gasteiger charge is -2.14. The summed E-state index contributed by atoms with van der Waals surface area (Å²) in [6.07, 6.45) is 1.73. The standard InChI is InChI=1S/C22H25N3O3S/c1-4-15-8-7-9-16(5-2)20(15)23-19(26)14-29-22-25-24-21(28-22)17-10-12-18(13-11-17)27-6-3/h7-13H,4-6,14H2,1-3H3,(H,23,26). The summed E-state index contributed by atoms with van der Waals surface area (Å²) in [4.78, 5) is 12.5. The van der Waals surface area contributed by atoms with Gasteiger partial charge in [-0.05, 0) is 55.2 Å². The lowest BCUT2D eigenvalue weighted by molar-refractivity contribution is -0.113. The summed E-state index contributed by atoms with van der Waals surface area (Å²) in [5.74, 6) is 1.32. The Morgan fingerprint density at radius 1 is 1.03 bits per heavy atom. The van der Waals surface area contributed by atoms with E-state index in [2.05, 4.69) is 29.4 Å². The van der Waals surface area contributed by atoms with Crippen molar-refractivity contribution in [3.8, 4) is 17.2 Å². The number of benzene rings is 2. The molecular weight excluding hydrogens is 386 g/mol. The zero-order valence-electron chi connectivity index (χ0n) is 16.9. The molecule has 6 nitrogen and oxygen atoms in total. The van der Waals surface area contributed by atoms with Crippen molar-refractivity contribution in [3.63, 3.8) is 0 Å². The van der Waals surface area contributed by atoms with Crippen LogP contribution in [0.3, 0.4) is 0 Å². The summed E-state index contributed by atoms with van der Waals surface area (Å²) >= 11 is 1.22. The molecule has 152 valence electrons. The number of thioether (sulfide) groups is 1. The number of amides is 1. The van der Waals surface area contributed by atoms with Crippen molar-refractivity contribution < 1.29 is 13.9 Å². The molecule has 0 aliphatic heterocycles. The van der Waals surface area contributed by atoms with Gasteiger partial charge in [0.2, 0.25) is 11.8 Å². The van der Waals surface area contributed by atoms with Gasteiger partial charge in [0.15, 0.2) is 0 Å². The summed E-state index contributed by atoms with van der Waals surface area (Å²) in [5.41, 5.74) is 4.00. The maximum absolute atomic E-state index is 12.5. The van der Waals surface area contributed by atoms with Gasteiger partial charge in [-0.25, -0.2) is 0 Å². The minimum Gasteiger partial charge on any atom is -0.494 e. The monoisotopic (exact) mass is 411 g/mol. The molecule has 7 heteroatoms. The predicted octanol–water partition coefficient (Wildman–Crippen LogP) is 4.99. The topological polar surface area (TPSA) is 77.2 Å². The Kier molecular flexibility index (Phi) is 7.30. The second-order valence-electron chi connectivity index (χ2n) is 6.33. The number of para-hydroxylation sites is 1. The largest absolute Gasteiger partial charge is 0.494 e. The Morgan fingerprint density at radius 2 is 1.72 bits per heavy atom. The third-order valence-electron chi connectivity index (χ3n) is 4.41. The maximum Gasteiger partial charge on any atom is 0.277 e. The Morgan fingerprint density at radius 3 is 2.34 bits per heavy atom. The van der Waals surface area contributed by atoms with E-state index >= 15 is 0 Å². The molecule has 0 bridgehead atoms. The second-order valence-corrected chi connectivity index (χ2v) is 7.25. The van der Waals surface area contributed by atoms with E-state index in [9.17, 15) is 4.79 Å². The molecule has 0 fully saturated rings. The van der Waals surface area contributed by atoms with E-state index in [4.69, 9.17) is 9.15 Å². The number of aromatic nitrogens is 2. The van der Waals surface area contributed by atoms with Crippen molar-refractivity contribution in [2.75, 3.05) is 17.7 Å². The first-order chi connectivity index (χ1) is 14.1. The van der Waals surface area contributed by atoms with Crippen LogP contribution < -0.4 is 10.1 Å². The summed E-state index contributed by atoms with van der Waals surface area (Å²) in [7, 11) is 0. The number of hydrogen-bond donors (Lipinski definition) is 1. The Labute approximate surface area is 175 Å². The molecule has 3 aromatic rings. The van der Waals surface area contributed by atoms with Crippen LogP contribution >= 0.6 is 11.8 Å². The van der Waals surface area contributed by atoms with Gasteiger partial charge in [0.1, 0.15) is 5.75 Å². The van der Waals surface area contributed by atoms with Crippen molar-refractivity contribution in [3.05, 3.63) is 53.6 Å². The van der Waals surface area contributed by atoms with Crippen LogP contribution in [0.1, 0.15) is 31.9 Å². The van der Waals surface area contributed by atoms with Gasteiger partial charge < -0.3 is 14.5 Å². The average molecular weight is 412 g/mol. The number of nitrogens with one attached hydrogen (secondary N) is 1. The van der Waals surface area contributed by atoms with E-state index in [1.165, 1.54) is 11.8 Å².